The average Bonchev–Trinajstić information content (AvgIpc) is 2.78. The van der Waals surface area contributed by atoms with Gasteiger partial charge in [0, 0.05) is 11.6 Å². The first-order valence-corrected chi connectivity index (χ1v) is 13.5. The third kappa shape index (κ3) is 10.6. The minimum Gasteiger partial charge on any atom is -0.289 e. The number of rotatable bonds is 12. The Morgan fingerprint density at radius 1 is 1.00 bits per heavy atom. The Bertz CT molecular complexity index is 1280. The summed E-state index contributed by atoms with van der Waals surface area (Å²) in [5, 5.41) is 9.38. The molecule has 9 nitrogen and oxygen atoms in total. The monoisotopic (exact) mass is 549 g/mol. The summed E-state index contributed by atoms with van der Waals surface area (Å²) in [4.78, 5) is 11.9. The van der Waals surface area contributed by atoms with E-state index in [1.54, 1.807) is 24.3 Å². The van der Waals surface area contributed by atoms with Gasteiger partial charge in [0.1, 0.15) is 23.4 Å². The topological polar surface area (TPSA) is 142 Å². The minimum atomic E-state index is -4.49. The third-order valence-electron chi connectivity index (χ3n) is 4.27. The van der Waals surface area contributed by atoms with E-state index in [-0.39, 0.29) is 5.56 Å². The van der Waals surface area contributed by atoms with E-state index in [1.807, 2.05) is 9.44 Å². The van der Waals surface area contributed by atoms with Crippen LogP contribution in [0.2, 0.25) is 5.02 Å². The Morgan fingerprint density at radius 3 is 2.20 bits per heavy atom. The normalized spacial score (nSPS) is 13.7. The van der Waals surface area contributed by atoms with Crippen LogP contribution >= 0.6 is 11.6 Å². The molecule has 0 bridgehead atoms. The Labute approximate surface area is 206 Å². The summed E-state index contributed by atoms with van der Waals surface area (Å²) in [5.74, 6) is -4.63. The number of amides is 1. The zero-order chi connectivity index (χ0) is 26.1. The van der Waals surface area contributed by atoms with Gasteiger partial charge < -0.3 is 0 Å². The number of sulfonamides is 2. The average molecular weight is 550 g/mol. The predicted octanol–water partition coefficient (Wildman–Crippen LogP) is 2.22. The smallest absolute Gasteiger partial charge is 0.262 e. The number of hydroxylamine groups is 1. The molecular weight excluding hydrogens is 528 g/mol. The number of carbonyl (C=O) groups is 1. The molecule has 0 saturated carbocycles. The van der Waals surface area contributed by atoms with Crippen molar-refractivity contribution in [3.05, 3.63) is 82.4 Å². The first-order valence-electron chi connectivity index (χ1n) is 9.84. The van der Waals surface area contributed by atoms with Gasteiger partial charge in [-0.3, -0.25) is 10.0 Å². The predicted molar refractivity (Wildman–Crippen MR) is 128 cm³/mol. The third-order valence-corrected chi connectivity index (χ3v) is 7.06. The molecule has 1 atom stereocenters. The molecule has 0 aliphatic heterocycles. The summed E-state index contributed by atoms with van der Waals surface area (Å²) in [6, 6.07) is 9.37. The van der Waals surface area contributed by atoms with E-state index in [4.69, 9.17) is 16.8 Å². The maximum absolute atomic E-state index is 14.2. The van der Waals surface area contributed by atoms with Gasteiger partial charge >= 0.3 is 0 Å². The summed E-state index contributed by atoms with van der Waals surface area (Å²) in [6.07, 6.45) is 3.70. The molecule has 0 saturated heterocycles. The molecule has 1 unspecified atom stereocenters. The molecule has 0 radical (unpaired) electrons. The number of hydrogen-bond acceptors (Lipinski definition) is 6. The van der Waals surface area contributed by atoms with Crippen LogP contribution in [0.5, 0.6) is 0 Å². The van der Waals surface area contributed by atoms with E-state index in [9.17, 15) is 30.4 Å². The minimum absolute atomic E-state index is 0.197. The van der Waals surface area contributed by atoms with Crippen molar-refractivity contribution in [3.63, 3.8) is 0 Å². The maximum Gasteiger partial charge on any atom is 0.262 e. The lowest BCUT2D eigenvalue weighted by atomic mass is 10.2. The van der Waals surface area contributed by atoms with Crippen LogP contribution in [-0.2, 0) is 24.8 Å². The van der Waals surface area contributed by atoms with Crippen LogP contribution in [-0.4, -0.2) is 52.0 Å². The molecule has 2 aromatic carbocycles. The number of hydrogen-bond donors (Lipinski definition) is 4. The van der Waals surface area contributed by atoms with Crippen molar-refractivity contribution < 1.29 is 35.6 Å². The van der Waals surface area contributed by atoms with Crippen molar-refractivity contribution in [2.75, 3.05) is 18.1 Å². The van der Waals surface area contributed by atoms with Crippen molar-refractivity contribution >= 4 is 49.7 Å². The largest absolute Gasteiger partial charge is 0.289 e. The molecule has 0 aliphatic rings. The highest BCUT2D eigenvalue weighted by Gasteiger charge is 2.26. The summed E-state index contributed by atoms with van der Waals surface area (Å²) in [6.45, 7) is -0.758. The fourth-order valence-corrected chi connectivity index (χ4v) is 4.81. The summed E-state index contributed by atoms with van der Waals surface area (Å²) in [7, 11) is -8.48. The molecule has 2 rings (SSSR count). The fraction of sp³-hybridized carbons (Fsp3) is 0.190. The molecule has 0 aromatic heterocycles. The standard InChI is InChI=1S/C21H22ClF2N3O6S2/c22-17-7-3-15(4-8-17)2-1-11-34(30,31)25-13-20(21(28)26-29)27-35(32,33)14-19(24)12-16-5-9-18(23)10-6-16/h1-10,12,20,25,27,29H,11,13-14H2,(H,26,28). The van der Waals surface area contributed by atoms with Crippen LogP contribution in [0, 0.1) is 5.82 Å². The Kier molecular flexibility index (Phi) is 10.5. The molecule has 0 fully saturated rings. The quantitative estimate of drug-likeness (QED) is 0.236. The summed E-state index contributed by atoms with van der Waals surface area (Å²) >= 11 is 5.78. The van der Waals surface area contributed by atoms with Gasteiger partial charge in [-0.25, -0.2) is 40.5 Å². The molecular formula is C21H22ClF2N3O6S2. The summed E-state index contributed by atoms with van der Waals surface area (Å²) < 4.78 is 80.0. The van der Waals surface area contributed by atoms with Crippen molar-refractivity contribution in [3.8, 4) is 0 Å². The molecule has 1 amide bonds. The maximum atomic E-state index is 14.2. The van der Waals surface area contributed by atoms with Gasteiger partial charge in [-0.15, -0.1) is 0 Å². The van der Waals surface area contributed by atoms with Gasteiger partial charge in [0.2, 0.25) is 20.0 Å². The van der Waals surface area contributed by atoms with E-state index in [0.29, 0.717) is 10.6 Å². The second kappa shape index (κ2) is 12.9. The van der Waals surface area contributed by atoms with Crippen molar-refractivity contribution in [2.45, 2.75) is 6.04 Å². The number of carbonyl (C=O) groups excluding carboxylic acids is 1. The number of nitrogens with one attached hydrogen (secondary N) is 3. The molecule has 4 N–H and O–H groups in total. The van der Waals surface area contributed by atoms with Crippen LogP contribution in [0.4, 0.5) is 8.78 Å². The zero-order valence-electron chi connectivity index (χ0n) is 18.0. The summed E-state index contributed by atoms with van der Waals surface area (Å²) in [5.41, 5.74) is 2.11. The van der Waals surface area contributed by atoms with Gasteiger partial charge in [0.05, 0.1) is 5.75 Å². The lowest BCUT2D eigenvalue weighted by molar-refractivity contribution is -0.130. The fourth-order valence-electron chi connectivity index (χ4n) is 2.64. The van der Waals surface area contributed by atoms with Gasteiger partial charge in [-0.2, -0.15) is 0 Å². The van der Waals surface area contributed by atoms with Crippen molar-refractivity contribution in [2.24, 2.45) is 0 Å². The molecule has 0 spiro atoms. The van der Waals surface area contributed by atoms with Crippen LogP contribution in [0.25, 0.3) is 12.2 Å². The zero-order valence-corrected chi connectivity index (χ0v) is 20.4. The molecule has 190 valence electrons. The number of benzene rings is 2. The van der Waals surface area contributed by atoms with E-state index in [2.05, 4.69) is 0 Å². The van der Waals surface area contributed by atoms with E-state index in [0.717, 1.165) is 18.2 Å². The Morgan fingerprint density at radius 2 is 1.60 bits per heavy atom. The van der Waals surface area contributed by atoms with Crippen LogP contribution < -0.4 is 14.9 Å². The Balaban J connectivity index is 2.00. The van der Waals surface area contributed by atoms with Crippen LogP contribution in [0.3, 0.4) is 0 Å². The highest BCUT2D eigenvalue weighted by Crippen LogP contribution is 2.12. The van der Waals surface area contributed by atoms with Gasteiger partial charge in [-0.1, -0.05) is 48.0 Å². The van der Waals surface area contributed by atoms with Crippen molar-refractivity contribution in [1.29, 1.82) is 0 Å². The first-order chi connectivity index (χ1) is 16.4. The molecule has 0 heterocycles. The van der Waals surface area contributed by atoms with E-state index >= 15 is 0 Å². The van der Waals surface area contributed by atoms with Crippen molar-refractivity contribution in [1.82, 2.24) is 14.9 Å². The lowest BCUT2D eigenvalue weighted by Gasteiger charge is -2.17. The molecule has 0 aliphatic carbocycles. The highest BCUT2D eigenvalue weighted by atomic mass is 35.5. The molecule has 35 heavy (non-hydrogen) atoms. The van der Waals surface area contributed by atoms with Gasteiger partial charge in [0.25, 0.3) is 5.91 Å². The second-order valence-corrected chi connectivity index (χ2v) is 11.2. The second-order valence-electron chi connectivity index (χ2n) is 7.13. The van der Waals surface area contributed by atoms with Gasteiger partial charge in [0.15, 0.2) is 0 Å². The van der Waals surface area contributed by atoms with Crippen LogP contribution in [0.15, 0.2) is 60.4 Å². The van der Waals surface area contributed by atoms with Crippen LogP contribution in [0.1, 0.15) is 11.1 Å². The van der Waals surface area contributed by atoms with E-state index in [1.165, 1.54) is 29.8 Å². The SMILES string of the molecule is O=C(NO)C(CNS(=O)(=O)CC=Cc1ccc(Cl)cc1)NS(=O)(=O)CC(F)=Cc1ccc(F)cc1. The molecule has 14 heteroatoms. The van der Waals surface area contributed by atoms with E-state index < -0.39 is 61.7 Å². The molecule has 2 aromatic rings. The lowest BCUT2D eigenvalue weighted by Crippen LogP contribution is -2.52. The highest BCUT2D eigenvalue weighted by molar-refractivity contribution is 7.90. The first kappa shape index (κ1) is 28.6. The number of halogens is 3. The van der Waals surface area contributed by atoms with Gasteiger partial charge in [-0.05, 0) is 41.5 Å². The Hall–Kier alpha value is -2.68.